The molecular weight excluding hydrogens is 390 g/mol. The molecule has 3 rings (SSSR count). The zero-order valence-electron chi connectivity index (χ0n) is 15.7. The Kier molecular flexibility index (Phi) is 6.79. The van der Waals surface area contributed by atoms with Gasteiger partial charge < -0.3 is 9.64 Å². The van der Waals surface area contributed by atoms with Crippen molar-refractivity contribution >= 4 is 51.9 Å². The maximum atomic E-state index is 12.9. The van der Waals surface area contributed by atoms with Crippen LogP contribution in [0.3, 0.4) is 0 Å². The van der Waals surface area contributed by atoms with E-state index >= 15 is 0 Å². The van der Waals surface area contributed by atoms with Gasteiger partial charge in [0.1, 0.15) is 0 Å². The molecule has 28 heavy (non-hydrogen) atoms. The molecule has 0 saturated heterocycles. The highest BCUT2D eigenvalue weighted by Crippen LogP contribution is 2.26. The van der Waals surface area contributed by atoms with Gasteiger partial charge in [-0.05, 0) is 54.9 Å². The molecule has 0 aliphatic carbocycles. The van der Waals surface area contributed by atoms with E-state index in [2.05, 4.69) is 0 Å². The maximum Gasteiger partial charge on any atom is 0.340 e. The van der Waals surface area contributed by atoms with Gasteiger partial charge in [0.05, 0.1) is 5.57 Å². The second-order valence-electron chi connectivity index (χ2n) is 6.02. The van der Waals surface area contributed by atoms with Gasteiger partial charge in [0.15, 0.2) is 6.10 Å². The molecule has 0 fully saturated rings. The number of nitrogens with zero attached hydrogens (tertiary/aromatic N) is 1. The van der Waals surface area contributed by atoms with Gasteiger partial charge in [-0.1, -0.05) is 30.3 Å². The lowest BCUT2D eigenvalue weighted by molar-refractivity contribution is -0.148. The SMILES string of the molecule is CCN(C(=O)[C@H](C)OC(=O)/C(=C/c1cccs1)c1cccs1)c1ccccc1. The van der Waals surface area contributed by atoms with Gasteiger partial charge in [-0.25, -0.2) is 4.79 Å². The summed E-state index contributed by atoms with van der Waals surface area (Å²) in [5, 5.41) is 3.86. The predicted molar refractivity (Wildman–Crippen MR) is 117 cm³/mol. The fraction of sp³-hybridized carbons (Fsp3) is 0.182. The lowest BCUT2D eigenvalue weighted by Crippen LogP contribution is -2.40. The van der Waals surface area contributed by atoms with E-state index in [4.69, 9.17) is 4.74 Å². The quantitative estimate of drug-likeness (QED) is 0.390. The molecule has 1 atom stereocenters. The fourth-order valence-corrected chi connectivity index (χ4v) is 4.13. The number of rotatable bonds is 7. The second kappa shape index (κ2) is 9.48. The van der Waals surface area contributed by atoms with Crippen molar-refractivity contribution in [3.8, 4) is 0 Å². The third kappa shape index (κ3) is 4.77. The molecule has 1 amide bonds. The van der Waals surface area contributed by atoms with Crippen LogP contribution in [0.5, 0.6) is 0 Å². The van der Waals surface area contributed by atoms with Crippen LogP contribution in [0.15, 0.2) is 65.4 Å². The lowest BCUT2D eigenvalue weighted by Gasteiger charge is -2.24. The number of hydrogen-bond acceptors (Lipinski definition) is 5. The molecule has 3 aromatic rings. The van der Waals surface area contributed by atoms with E-state index in [-0.39, 0.29) is 5.91 Å². The number of ether oxygens (including phenoxy) is 1. The fourth-order valence-electron chi connectivity index (χ4n) is 2.75. The Morgan fingerprint density at radius 1 is 1.04 bits per heavy atom. The normalized spacial score (nSPS) is 12.4. The second-order valence-corrected chi connectivity index (χ2v) is 7.94. The van der Waals surface area contributed by atoms with E-state index in [1.54, 1.807) is 23.2 Å². The molecule has 2 aromatic heterocycles. The van der Waals surface area contributed by atoms with Crippen LogP contribution >= 0.6 is 22.7 Å². The summed E-state index contributed by atoms with van der Waals surface area (Å²) >= 11 is 3.01. The molecule has 0 aliphatic rings. The molecule has 0 radical (unpaired) electrons. The van der Waals surface area contributed by atoms with E-state index < -0.39 is 12.1 Å². The van der Waals surface area contributed by atoms with Crippen LogP contribution in [0.1, 0.15) is 23.6 Å². The highest BCUT2D eigenvalue weighted by molar-refractivity contribution is 7.12. The number of anilines is 1. The van der Waals surface area contributed by atoms with Gasteiger partial charge in [-0.2, -0.15) is 0 Å². The van der Waals surface area contributed by atoms with Crippen molar-refractivity contribution in [2.75, 3.05) is 11.4 Å². The largest absolute Gasteiger partial charge is 0.449 e. The summed E-state index contributed by atoms with van der Waals surface area (Å²) in [6, 6.07) is 17.0. The zero-order chi connectivity index (χ0) is 19.9. The van der Waals surface area contributed by atoms with E-state index in [0.717, 1.165) is 15.4 Å². The first kappa shape index (κ1) is 20.0. The van der Waals surface area contributed by atoms with Gasteiger partial charge in [0.2, 0.25) is 0 Å². The average Bonchev–Trinajstić information content (AvgIpc) is 3.41. The summed E-state index contributed by atoms with van der Waals surface area (Å²) in [7, 11) is 0. The van der Waals surface area contributed by atoms with E-state index in [0.29, 0.717) is 12.1 Å². The summed E-state index contributed by atoms with van der Waals surface area (Å²) in [5.41, 5.74) is 1.24. The van der Waals surface area contributed by atoms with Crippen molar-refractivity contribution in [3.05, 3.63) is 75.1 Å². The Balaban J connectivity index is 1.78. The molecule has 0 aliphatic heterocycles. The summed E-state index contributed by atoms with van der Waals surface area (Å²) in [5.74, 6) is -0.746. The number of carbonyl (C=O) groups excluding carboxylic acids is 2. The van der Waals surface area contributed by atoms with Crippen LogP contribution in [-0.4, -0.2) is 24.5 Å². The van der Waals surface area contributed by atoms with E-state index in [1.165, 1.54) is 11.3 Å². The van der Waals surface area contributed by atoms with Crippen molar-refractivity contribution < 1.29 is 14.3 Å². The molecule has 2 heterocycles. The average molecular weight is 412 g/mol. The van der Waals surface area contributed by atoms with Gasteiger partial charge in [-0.15, -0.1) is 22.7 Å². The summed E-state index contributed by atoms with van der Waals surface area (Å²) in [4.78, 5) is 29.1. The standard InChI is InChI=1S/C22H21NO3S2/c1-3-23(17-9-5-4-6-10-17)21(24)16(2)26-22(25)19(20-12-8-14-28-20)15-18-11-7-13-27-18/h4-16H,3H2,1-2H3/b19-15+/t16-/m0/s1. The monoisotopic (exact) mass is 411 g/mol. The lowest BCUT2D eigenvalue weighted by atomic mass is 10.2. The Hall–Kier alpha value is -2.70. The van der Waals surface area contributed by atoms with Crippen molar-refractivity contribution in [2.24, 2.45) is 0 Å². The molecule has 1 aromatic carbocycles. The number of hydrogen-bond donors (Lipinski definition) is 0. The van der Waals surface area contributed by atoms with Crippen LogP contribution < -0.4 is 4.90 Å². The molecule has 144 valence electrons. The highest BCUT2D eigenvalue weighted by atomic mass is 32.1. The first-order valence-corrected chi connectivity index (χ1v) is 10.7. The zero-order valence-corrected chi connectivity index (χ0v) is 17.3. The van der Waals surface area contributed by atoms with Crippen LogP contribution in [0.4, 0.5) is 5.69 Å². The first-order chi connectivity index (χ1) is 13.6. The van der Waals surface area contributed by atoms with Crippen LogP contribution in [0, 0.1) is 0 Å². The van der Waals surface area contributed by atoms with Crippen molar-refractivity contribution in [1.29, 1.82) is 0 Å². The topological polar surface area (TPSA) is 46.6 Å². The number of benzene rings is 1. The summed E-state index contributed by atoms with van der Waals surface area (Å²) in [6.45, 7) is 4.00. The minimum Gasteiger partial charge on any atom is -0.449 e. The van der Waals surface area contributed by atoms with Gasteiger partial charge in [-0.3, -0.25) is 4.79 Å². The minimum atomic E-state index is -0.889. The Labute approximate surface area is 172 Å². The smallest absolute Gasteiger partial charge is 0.340 e. The van der Waals surface area contributed by atoms with E-state index in [1.807, 2.05) is 78.4 Å². The van der Waals surface area contributed by atoms with Gasteiger partial charge in [0.25, 0.3) is 5.91 Å². The molecule has 6 heteroatoms. The molecule has 0 bridgehead atoms. The Bertz CT molecular complexity index is 932. The van der Waals surface area contributed by atoms with Crippen LogP contribution in [-0.2, 0) is 14.3 Å². The number of esters is 1. The third-order valence-corrected chi connectivity index (χ3v) is 5.84. The molecule has 4 nitrogen and oxygen atoms in total. The molecule has 0 unspecified atom stereocenters. The summed E-state index contributed by atoms with van der Waals surface area (Å²) < 4.78 is 5.56. The predicted octanol–water partition coefficient (Wildman–Crippen LogP) is 5.34. The number of thiophene rings is 2. The van der Waals surface area contributed by atoms with Gasteiger partial charge >= 0.3 is 5.97 Å². The van der Waals surface area contributed by atoms with E-state index in [9.17, 15) is 9.59 Å². The minimum absolute atomic E-state index is 0.247. The van der Waals surface area contributed by atoms with Crippen molar-refractivity contribution in [1.82, 2.24) is 0 Å². The van der Waals surface area contributed by atoms with Crippen molar-refractivity contribution in [2.45, 2.75) is 20.0 Å². The summed E-state index contributed by atoms with van der Waals surface area (Å²) in [6.07, 6.45) is 0.921. The third-order valence-electron chi connectivity index (χ3n) is 4.12. The molecule has 0 spiro atoms. The van der Waals surface area contributed by atoms with Gasteiger partial charge in [0, 0.05) is 22.0 Å². The number of carbonyl (C=O) groups is 2. The Morgan fingerprint density at radius 3 is 2.36 bits per heavy atom. The highest BCUT2D eigenvalue weighted by Gasteiger charge is 2.26. The first-order valence-electron chi connectivity index (χ1n) is 8.96. The number of likely N-dealkylation sites (N-methyl/N-ethyl adjacent to an activating group) is 1. The molecule has 0 N–H and O–H groups in total. The Morgan fingerprint density at radius 2 is 1.75 bits per heavy atom. The molecule has 0 saturated carbocycles. The molecular formula is C22H21NO3S2. The van der Waals surface area contributed by atoms with Crippen LogP contribution in [0.2, 0.25) is 0 Å². The maximum absolute atomic E-state index is 12.9. The number of amides is 1. The van der Waals surface area contributed by atoms with Crippen LogP contribution in [0.25, 0.3) is 11.6 Å². The number of para-hydroxylation sites is 1. The van der Waals surface area contributed by atoms with Crippen molar-refractivity contribution in [3.63, 3.8) is 0 Å².